The third kappa shape index (κ3) is 6.19. The predicted octanol–water partition coefficient (Wildman–Crippen LogP) is 2.51. The molecule has 3 rings (SSSR count). The van der Waals surface area contributed by atoms with Gasteiger partial charge in [0.25, 0.3) is 0 Å². The van der Waals surface area contributed by atoms with Crippen molar-refractivity contribution in [1.82, 2.24) is 15.3 Å². The summed E-state index contributed by atoms with van der Waals surface area (Å²) in [6.07, 6.45) is 5.45. The second-order valence-electron chi connectivity index (χ2n) is 7.46. The van der Waals surface area contributed by atoms with Gasteiger partial charge in [-0.25, -0.2) is 9.97 Å². The maximum Gasteiger partial charge on any atom is 0.123 e. The molecule has 2 aromatic rings. The molecule has 0 radical (unpaired) electrons. The van der Waals surface area contributed by atoms with Gasteiger partial charge in [-0.05, 0) is 62.4 Å². The highest BCUT2D eigenvalue weighted by molar-refractivity contribution is 5.34. The van der Waals surface area contributed by atoms with Crippen LogP contribution in [0.3, 0.4) is 0 Å². The van der Waals surface area contributed by atoms with Gasteiger partial charge in [0.1, 0.15) is 11.6 Å². The lowest BCUT2D eigenvalue weighted by Gasteiger charge is -2.19. The van der Waals surface area contributed by atoms with E-state index in [9.17, 15) is 0 Å². The van der Waals surface area contributed by atoms with Crippen molar-refractivity contribution < 1.29 is 4.74 Å². The van der Waals surface area contributed by atoms with Crippen LogP contribution in [-0.2, 0) is 17.6 Å². The number of aryl methyl sites for hydroxylation is 2. The molecule has 1 saturated heterocycles. The van der Waals surface area contributed by atoms with Crippen LogP contribution < -0.4 is 16.8 Å². The number of ether oxygens (including phenoxy) is 1. The summed E-state index contributed by atoms with van der Waals surface area (Å²) < 4.78 is 6.16. The molecule has 5 N–H and O–H groups in total. The number of hydrogen-bond acceptors (Lipinski definition) is 6. The molecule has 0 amide bonds. The molecule has 146 valence electrons. The Bertz CT molecular complexity index is 716. The van der Waals surface area contributed by atoms with Gasteiger partial charge in [0.05, 0.1) is 6.10 Å². The van der Waals surface area contributed by atoms with Gasteiger partial charge in [-0.1, -0.05) is 12.5 Å². The number of nitrogen functional groups attached to an aromatic ring is 2. The minimum atomic E-state index is 0.254. The fraction of sp³-hybridized carbons (Fsp3) is 0.524. The number of hydrogen-bond donors (Lipinski definition) is 3. The average Bonchev–Trinajstić information content (AvgIpc) is 3.04. The summed E-state index contributed by atoms with van der Waals surface area (Å²) in [5.74, 6) is 1.65. The topological polar surface area (TPSA) is 99.1 Å². The molecule has 0 aromatic carbocycles. The molecule has 6 nitrogen and oxygen atoms in total. The molecule has 0 unspecified atom stereocenters. The summed E-state index contributed by atoms with van der Waals surface area (Å²) in [5, 5.41) is 3.45. The highest BCUT2D eigenvalue weighted by atomic mass is 16.5. The van der Waals surface area contributed by atoms with E-state index in [-0.39, 0.29) is 6.10 Å². The monoisotopic (exact) mass is 369 g/mol. The van der Waals surface area contributed by atoms with E-state index in [1.165, 1.54) is 0 Å². The Morgan fingerprint density at radius 3 is 2.70 bits per heavy atom. The van der Waals surface area contributed by atoms with Crippen LogP contribution in [0.4, 0.5) is 11.6 Å². The largest absolute Gasteiger partial charge is 0.384 e. The van der Waals surface area contributed by atoms with Crippen molar-refractivity contribution >= 4 is 11.6 Å². The first-order valence-electron chi connectivity index (χ1n) is 9.87. The fourth-order valence-electron chi connectivity index (χ4n) is 3.71. The zero-order chi connectivity index (χ0) is 19.1. The van der Waals surface area contributed by atoms with Gasteiger partial charge in [0.15, 0.2) is 0 Å². The lowest BCUT2D eigenvalue weighted by molar-refractivity contribution is 0.0354. The molecule has 6 heteroatoms. The molecular formula is C21H31N5O. The molecule has 0 saturated carbocycles. The van der Waals surface area contributed by atoms with Crippen molar-refractivity contribution in [3.05, 3.63) is 47.3 Å². The SMILES string of the molecule is Cc1cc(N)nc(C[C@@H]2CNC[C@@H]2OCCCCCc2cccc(N)n2)c1. The maximum absolute atomic E-state index is 6.16. The third-order valence-electron chi connectivity index (χ3n) is 5.03. The minimum absolute atomic E-state index is 0.254. The highest BCUT2D eigenvalue weighted by Gasteiger charge is 2.28. The van der Waals surface area contributed by atoms with Crippen LogP contribution in [0.2, 0.25) is 0 Å². The van der Waals surface area contributed by atoms with E-state index in [0.717, 1.165) is 68.8 Å². The number of unbranched alkanes of at least 4 members (excludes halogenated alkanes) is 2. The van der Waals surface area contributed by atoms with Crippen molar-refractivity contribution in [3.8, 4) is 0 Å². The van der Waals surface area contributed by atoms with E-state index in [1.807, 2.05) is 24.3 Å². The number of aromatic nitrogens is 2. The molecule has 2 atom stereocenters. The highest BCUT2D eigenvalue weighted by Crippen LogP contribution is 2.20. The smallest absolute Gasteiger partial charge is 0.123 e. The first kappa shape index (κ1) is 19.6. The van der Waals surface area contributed by atoms with Gasteiger partial charge in [-0.15, -0.1) is 0 Å². The van der Waals surface area contributed by atoms with Crippen LogP contribution in [0, 0.1) is 12.8 Å². The Hall–Kier alpha value is -2.18. The first-order valence-corrected chi connectivity index (χ1v) is 9.87. The van der Waals surface area contributed by atoms with Crippen molar-refractivity contribution in [2.24, 2.45) is 5.92 Å². The van der Waals surface area contributed by atoms with E-state index in [1.54, 1.807) is 0 Å². The number of rotatable bonds is 9. The Morgan fingerprint density at radius 1 is 1.04 bits per heavy atom. The Kier molecular flexibility index (Phi) is 7.01. The van der Waals surface area contributed by atoms with Gasteiger partial charge in [-0.2, -0.15) is 0 Å². The van der Waals surface area contributed by atoms with Crippen LogP contribution in [-0.4, -0.2) is 35.8 Å². The van der Waals surface area contributed by atoms with E-state index in [0.29, 0.717) is 17.6 Å². The van der Waals surface area contributed by atoms with Gasteiger partial charge in [-0.3, -0.25) is 0 Å². The van der Waals surface area contributed by atoms with E-state index in [4.69, 9.17) is 16.2 Å². The lowest BCUT2D eigenvalue weighted by Crippen LogP contribution is -2.25. The van der Waals surface area contributed by atoms with Gasteiger partial charge in [0.2, 0.25) is 0 Å². The molecule has 0 aliphatic carbocycles. The Labute approximate surface area is 161 Å². The van der Waals surface area contributed by atoms with Crippen LogP contribution in [0.1, 0.15) is 36.2 Å². The van der Waals surface area contributed by atoms with E-state index in [2.05, 4.69) is 28.3 Å². The quantitative estimate of drug-likeness (QED) is 0.588. The second kappa shape index (κ2) is 9.67. The van der Waals surface area contributed by atoms with Gasteiger partial charge < -0.3 is 21.5 Å². The molecule has 0 bridgehead atoms. The molecule has 3 heterocycles. The lowest BCUT2D eigenvalue weighted by atomic mass is 9.99. The average molecular weight is 370 g/mol. The van der Waals surface area contributed by atoms with Crippen molar-refractivity contribution in [3.63, 3.8) is 0 Å². The fourth-order valence-corrected chi connectivity index (χ4v) is 3.71. The van der Waals surface area contributed by atoms with Crippen LogP contribution in [0.25, 0.3) is 0 Å². The maximum atomic E-state index is 6.16. The molecule has 2 aromatic heterocycles. The predicted molar refractivity (Wildman–Crippen MR) is 109 cm³/mol. The summed E-state index contributed by atoms with van der Waals surface area (Å²) in [4.78, 5) is 8.81. The van der Waals surface area contributed by atoms with E-state index >= 15 is 0 Å². The van der Waals surface area contributed by atoms with Gasteiger partial charge >= 0.3 is 0 Å². The number of nitrogens with one attached hydrogen (secondary N) is 1. The number of pyridine rings is 2. The summed E-state index contributed by atoms with van der Waals surface area (Å²) >= 11 is 0. The molecule has 1 aliphatic heterocycles. The molecule has 0 spiro atoms. The molecule has 1 fully saturated rings. The second-order valence-corrected chi connectivity index (χ2v) is 7.46. The summed E-state index contributed by atoms with van der Waals surface area (Å²) in [6.45, 7) is 4.75. The Balaban J connectivity index is 1.36. The first-order chi connectivity index (χ1) is 13.1. The molecule has 1 aliphatic rings. The normalized spacial score (nSPS) is 19.4. The molecular weight excluding hydrogens is 338 g/mol. The summed E-state index contributed by atoms with van der Waals surface area (Å²) in [5.41, 5.74) is 14.9. The van der Waals surface area contributed by atoms with E-state index < -0.39 is 0 Å². The number of anilines is 2. The number of nitrogens with two attached hydrogens (primary N) is 2. The number of nitrogens with zero attached hydrogens (tertiary/aromatic N) is 2. The van der Waals surface area contributed by atoms with Crippen molar-refractivity contribution in [2.45, 2.75) is 45.1 Å². The van der Waals surface area contributed by atoms with Crippen LogP contribution in [0.5, 0.6) is 0 Å². The summed E-state index contributed by atoms with van der Waals surface area (Å²) in [7, 11) is 0. The Morgan fingerprint density at radius 2 is 1.89 bits per heavy atom. The zero-order valence-electron chi connectivity index (χ0n) is 16.2. The minimum Gasteiger partial charge on any atom is -0.384 e. The van der Waals surface area contributed by atoms with Crippen molar-refractivity contribution in [2.75, 3.05) is 31.2 Å². The van der Waals surface area contributed by atoms with Crippen LogP contribution >= 0.6 is 0 Å². The zero-order valence-corrected chi connectivity index (χ0v) is 16.2. The third-order valence-corrected chi connectivity index (χ3v) is 5.03. The van der Waals surface area contributed by atoms with Gasteiger partial charge in [0, 0.05) is 37.0 Å². The van der Waals surface area contributed by atoms with Crippen LogP contribution in [0.15, 0.2) is 30.3 Å². The summed E-state index contributed by atoms with van der Waals surface area (Å²) in [6, 6.07) is 9.85. The standard InChI is InChI=1S/C21H31N5O/c1-15-10-18(26-21(23)11-15)12-16-13-24-14-19(16)27-9-4-2-3-6-17-7-5-8-20(22)25-17/h5,7-8,10-11,16,19,24H,2-4,6,9,12-14H2,1H3,(H2,22,25)(H2,23,26)/t16-,19+/m1/s1. The van der Waals surface area contributed by atoms with Crippen molar-refractivity contribution in [1.29, 1.82) is 0 Å². The molecule has 27 heavy (non-hydrogen) atoms.